The van der Waals surface area contributed by atoms with E-state index in [-0.39, 0.29) is 17.6 Å². The van der Waals surface area contributed by atoms with Crippen molar-refractivity contribution in [1.82, 2.24) is 10.2 Å². The zero-order valence-corrected chi connectivity index (χ0v) is 14.1. The van der Waals surface area contributed by atoms with E-state index in [2.05, 4.69) is 12.2 Å². The molecule has 2 aliphatic rings. The molecule has 2 atom stereocenters. The van der Waals surface area contributed by atoms with E-state index < -0.39 is 0 Å². The van der Waals surface area contributed by atoms with Crippen molar-refractivity contribution in [2.75, 3.05) is 13.1 Å². The van der Waals surface area contributed by atoms with Crippen LogP contribution in [0, 0.1) is 17.7 Å². The number of carbonyl (C=O) groups is 2. The Morgan fingerprint density at radius 1 is 1.17 bits per heavy atom. The molecule has 1 aliphatic heterocycles. The maximum absolute atomic E-state index is 13.0. The monoisotopic (exact) mass is 332 g/mol. The third kappa shape index (κ3) is 4.13. The molecule has 130 valence electrons. The molecular weight excluding hydrogens is 307 g/mol. The highest BCUT2D eigenvalue weighted by molar-refractivity contribution is 5.94. The summed E-state index contributed by atoms with van der Waals surface area (Å²) in [4.78, 5) is 26.5. The van der Waals surface area contributed by atoms with Crippen LogP contribution in [0.5, 0.6) is 0 Å². The standard InChI is InChI=1S/C19H25FN2O2/c1-2-13-12-22(19(24)14-3-5-16(20)6-4-14)10-9-15(13)11-18(23)21-17-7-8-17/h3-6,13,15,17H,2,7-12H2,1H3,(H,21,23)/t13-,15+/m1/s1. The van der Waals surface area contributed by atoms with Crippen LogP contribution in [0.2, 0.25) is 0 Å². The van der Waals surface area contributed by atoms with Crippen LogP contribution in [-0.4, -0.2) is 35.8 Å². The molecule has 0 spiro atoms. The van der Waals surface area contributed by atoms with Crippen LogP contribution in [0.4, 0.5) is 4.39 Å². The number of nitrogens with zero attached hydrogens (tertiary/aromatic N) is 1. The first-order chi connectivity index (χ1) is 11.6. The predicted molar refractivity (Wildman–Crippen MR) is 90.0 cm³/mol. The summed E-state index contributed by atoms with van der Waals surface area (Å²) in [6.45, 7) is 3.45. The zero-order valence-electron chi connectivity index (χ0n) is 14.1. The van der Waals surface area contributed by atoms with E-state index in [1.807, 2.05) is 4.90 Å². The maximum atomic E-state index is 13.0. The molecular formula is C19H25FN2O2. The molecule has 2 amide bonds. The van der Waals surface area contributed by atoms with E-state index >= 15 is 0 Å². The summed E-state index contributed by atoms with van der Waals surface area (Å²) in [6.07, 6.45) is 4.58. The first-order valence-corrected chi connectivity index (χ1v) is 8.91. The molecule has 24 heavy (non-hydrogen) atoms. The molecule has 1 saturated carbocycles. The average molecular weight is 332 g/mol. The highest BCUT2D eigenvalue weighted by Crippen LogP contribution is 2.30. The van der Waals surface area contributed by atoms with Crippen LogP contribution in [0.15, 0.2) is 24.3 Å². The Kier molecular flexibility index (Phi) is 5.17. The van der Waals surface area contributed by atoms with Gasteiger partial charge < -0.3 is 10.2 Å². The zero-order chi connectivity index (χ0) is 17.1. The summed E-state index contributed by atoms with van der Waals surface area (Å²) in [6, 6.07) is 6.11. The van der Waals surface area contributed by atoms with Gasteiger partial charge in [-0.05, 0) is 55.4 Å². The van der Waals surface area contributed by atoms with Crippen LogP contribution >= 0.6 is 0 Å². The predicted octanol–water partition coefficient (Wildman–Crippen LogP) is 2.98. The van der Waals surface area contributed by atoms with Gasteiger partial charge >= 0.3 is 0 Å². The third-order valence-electron chi connectivity index (χ3n) is 5.18. The minimum absolute atomic E-state index is 0.0469. The van der Waals surface area contributed by atoms with Gasteiger partial charge in [-0.1, -0.05) is 13.3 Å². The Bertz CT molecular complexity index is 598. The molecule has 2 fully saturated rings. The second-order valence-electron chi connectivity index (χ2n) is 7.02. The maximum Gasteiger partial charge on any atom is 0.253 e. The normalized spacial score (nSPS) is 23.8. The van der Waals surface area contributed by atoms with Gasteiger partial charge in [0.25, 0.3) is 5.91 Å². The van der Waals surface area contributed by atoms with Gasteiger partial charge in [0.2, 0.25) is 5.91 Å². The second kappa shape index (κ2) is 7.32. The molecule has 1 aliphatic carbocycles. The molecule has 1 heterocycles. The number of carbonyl (C=O) groups excluding carboxylic acids is 2. The molecule has 4 nitrogen and oxygen atoms in total. The fourth-order valence-electron chi connectivity index (χ4n) is 3.52. The van der Waals surface area contributed by atoms with Crippen LogP contribution < -0.4 is 5.32 Å². The van der Waals surface area contributed by atoms with E-state index in [0.717, 1.165) is 25.7 Å². The van der Waals surface area contributed by atoms with Gasteiger partial charge in [-0.25, -0.2) is 4.39 Å². The number of amides is 2. The minimum Gasteiger partial charge on any atom is -0.353 e. The van der Waals surface area contributed by atoms with Gasteiger partial charge in [0.15, 0.2) is 0 Å². The minimum atomic E-state index is -0.335. The number of hydrogen-bond acceptors (Lipinski definition) is 2. The van der Waals surface area contributed by atoms with Gasteiger partial charge in [-0.2, -0.15) is 0 Å². The fraction of sp³-hybridized carbons (Fsp3) is 0.579. The second-order valence-corrected chi connectivity index (χ2v) is 7.02. The first kappa shape index (κ1) is 16.9. The Balaban J connectivity index is 1.58. The number of rotatable bonds is 5. The van der Waals surface area contributed by atoms with Gasteiger partial charge in [-0.15, -0.1) is 0 Å². The lowest BCUT2D eigenvalue weighted by Crippen LogP contribution is -2.45. The summed E-state index contributed by atoms with van der Waals surface area (Å²) in [7, 11) is 0. The lowest BCUT2D eigenvalue weighted by atomic mass is 9.81. The van der Waals surface area contributed by atoms with Crippen molar-refractivity contribution in [2.45, 2.75) is 45.1 Å². The number of hydrogen-bond donors (Lipinski definition) is 1. The fourth-order valence-corrected chi connectivity index (χ4v) is 3.52. The topological polar surface area (TPSA) is 49.4 Å². The van der Waals surface area contributed by atoms with Crippen LogP contribution in [0.1, 0.15) is 49.4 Å². The number of benzene rings is 1. The number of piperidine rings is 1. The van der Waals surface area contributed by atoms with Crippen molar-refractivity contribution in [3.63, 3.8) is 0 Å². The molecule has 0 aromatic heterocycles. The van der Waals surface area contributed by atoms with E-state index in [1.54, 1.807) is 0 Å². The number of likely N-dealkylation sites (tertiary alicyclic amines) is 1. The Hall–Kier alpha value is -1.91. The van der Waals surface area contributed by atoms with Crippen LogP contribution in [-0.2, 0) is 4.79 Å². The summed E-state index contributed by atoms with van der Waals surface area (Å²) in [5, 5.41) is 3.06. The van der Waals surface area contributed by atoms with Crippen molar-refractivity contribution in [3.05, 3.63) is 35.6 Å². The summed E-state index contributed by atoms with van der Waals surface area (Å²) in [5.74, 6) is 0.450. The molecule has 3 rings (SSSR count). The molecule has 1 aromatic carbocycles. The SMILES string of the molecule is CC[C@@H]1CN(C(=O)c2ccc(F)cc2)CC[C@H]1CC(=O)NC1CC1. The molecule has 1 aromatic rings. The lowest BCUT2D eigenvalue weighted by molar-refractivity contribution is -0.123. The Morgan fingerprint density at radius 2 is 1.88 bits per heavy atom. The quantitative estimate of drug-likeness (QED) is 0.901. The van der Waals surface area contributed by atoms with E-state index in [0.29, 0.717) is 43.0 Å². The van der Waals surface area contributed by atoms with Crippen molar-refractivity contribution in [2.24, 2.45) is 11.8 Å². The van der Waals surface area contributed by atoms with Crippen LogP contribution in [0.3, 0.4) is 0 Å². The van der Waals surface area contributed by atoms with Crippen LogP contribution in [0.25, 0.3) is 0 Å². The largest absolute Gasteiger partial charge is 0.353 e. The Labute approximate surface area is 142 Å². The van der Waals surface area contributed by atoms with Gasteiger partial charge in [0.1, 0.15) is 5.82 Å². The molecule has 5 heteroatoms. The highest BCUT2D eigenvalue weighted by atomic mass is 19.1. The van der Waals surface area contributed by atoms with E-state index in [4.69, 9.17) is 0 Å². The molecule has 0 bridgehead atoms. The third-order valence-corrected chi connectivity index (χ3v) is 5.18. The lowest BCUT2D eigenvalue weighted by Gasteiger charge is -2.38. The number of nitrogens with one attached hydrogen (secondary N) is 1. The van der Waals surface area contributed by atoms with E-state index in [9.17, 15) is 14.0 Å². The first-order valence-electron chi connectivity index (χ1n) is 8.91. The van der Waals surface area contributed by atoms with Crippen molar-refractivity contribution >= 4 is 11.8 Å². The number of halogens is 1. The molecule has 0 radical (unpaired) electrons. The van der Waals surface area contributed by atoms with Gasteiger partial charge in [0, 0.05) is 31.1 Å². The van der Waals surface area contributed by atoms with Crippen molar-refractivity contribution < 1.29 is 14.0 Å². The average Bonchev–Trinajstić information content (AvgIpc) is 3.39. The highest BCUT2D eigenvalue weighted by Gasteiger charge is 2.33. The summed E-state index contributed by atoms with van der Waals surface area (Å²) < 4.78 is 13.0. The molecule has 1 N–H and O–H groups in total. The van der Waals surface area contributed by atoms with Crippen molar-refractivity contribution in [3.8, 4) is 0 Å². The summed E-state index contributed by atoms with van der Waals surface area (Å²) >= 11 is 0. The molecule has 0 unspecified atom stereocenters. The smallest absolute Gasteiger partial charge is 0.253 e. The Morgan fingerprint density at radius 3 is 2.50 bits per heavy atom. The van der Waals surface area contributed by atoms with Gasteiger partial charge in [0.05, 0.1) is 0 Å². The van der Waals surface area contributed by atoms with Crippen molar-refractivity contribution in [1.29, 1.82) is 0 Å². The van der Waals surface area contributed by atoms with E-state index in [1.165, 1.54) is 24.3 Å². The van der Waals surface area contributed by atoms with Gasteiger partial charge in [-0.3, -0.25) is 9.59 Å². The molecule has 1 saturated heterocycles. The summed E-state index contributed by atoms with van der Waals surface area (Å²) in [5.41, 5.74) is 0.524.